The number of aromatic nitrogens is 1. The summed E-state index contributed by atoms with van der Waals surface area (Å²) in [5, 5.41) is 12.0. The van der Waals surface area contributed by atoms with Crippen molar-refractivity contribution in [3.05, 3.63) is 10.6 Å². The summed E-state index contributed by atoms with van der Waals surface area (Å²) < 4.78 is 0. The normalized spacial score (nSPS) is 37.9. The topological polar surface area (TPSA) is 79.5 Å². The van der Waals surface area contributed by atoms with Crippen molar-refractivity contribution < 1.29 is 9.90 Å². The fourth-order valence-electron chi connectivity index (χ4n) is 5.97. The van der Waals surface area contributed by atoms with E-state index in [4.69, 9.17) is 5.73 Å². The number of hydrogen-bond donors (Lipinski definition) is 2. The molecule has 0 radical (unpaired) electrons. The second-order valence-corrected chi connectivity index (χ2v) is 10.1. The Hall–Kier alpha value is -1.14. The van der Waals surface area contributed by atoms with Crippen LogP contribution in [-0.4, -0.2) is 40.1 Å². The van der Waals surface area contributed by atoms with Gasteiger partial charge in [0.2, 0.25) is 5.91 Å². The van der Waals surface area contributed by atoms with Gasteiger partial charge in [0.15, 0.2) is 5.13 Å². The zero-order valence-electron chi connectivity index (χ0n) is 16.1. The van der Waals surface area contributed by atoms with Crippen molar-refractivity contribution in [2.45, 2.75) is 64.9 Å². The molecule has 5 nitrogen and oxygen atoms in total. The SMILES string of the molecule is C[C@H](C(=O)N1CCCC1)[C@@H]1CC[C@]2(C)Cc3sc(N)nc3[C@@H](C)[C@@H]2[C@H]1O. The van der Waals surface area contributed by atoms with Crippen LogP contribution in [0.2, 0.25) is 0 Å². The predicted octanol–water partition coefficient (Wildman–Crippen LogP) is 3.04. The van der Waals surface area contributed by atoms with Gasteiger partial charge in [-0.05, 0) is 49.4 Å². The molecule has 0 aromatic carbocycles. The van der Waals surface area contributed by atoms with Gasteiger partial charge in [0.25, 0.3) is 0 Å². The minimum Gasteiger partial charge on any atom is -0.392 e. The van der Waals surface area contributed by atoms with E-state index < -0.39 is 6.10 Å². The monoisotopic (exact) mass is 377 g/mol. The molecule has 1 aromatic heterocycles. The molecule has 26 heavy (non-hydrogen) atoms. The molecule has 0 spiro atoms. The number of aliphatic hydroxyl groups excluding tert-OH is 1. The van der Waals surface area contributed by atoms with Crippen LogP contribution in [0.25, 0.3) is 0 Å². The third kappa shape index (κ3) is 2.76. The Morgan fingerprint density at radius 2 is 2.12 bits per heavy atom. The quantitative estimate of drug-likeness (QED) is 0.830. The Bertz CT molecular complexity index is 699. The molecule has 144 valence electrons. The summed E-state index contributed by atoms with van der Waals surface area (Å²) >= 11 is 1.60. The molecule has 2 aliphatic carbocycles. The highest BCUT2D eigenvalue weighted by atomic mass is 32.1. The number of nitrogens with zero attached hydrogens (tertiary/aromatic N) is 2. The van der Waals surface area contributed by atoms with E-state index in [1.165, 1.54) is 4.88 Å². The third-order valence-electron chi connectivity index (χ3n) is 7.39. The summed E-state index contributed by atoms with van der Waals surface area (Å²) in [5.41, 5.74) is 7.11. The molecule has 0 unspecified atom stereocenters. The van der Waals surface area contributed by atoms with E-state index in [2.05, 4.69) is 18.8 Å². The average molecular weight is 378 g/mol. The van der Waals surface area contributed by atoms with Crippen LogP contribution in [0.15, 0.2) is 0 Å². The molecule has 1 aliphatic heterocycles. The lowest BCUT2D eigenvalue weighted by atomic mass is 9.53. The number of hydrogen-bond acceptors (Lipinski definition) is 5. The zero-order chi connectivity index (χ0) is 18.6. The average Bonchev–Trinajstić information content (AvgIpc) is 3.22. The molecule has 1 aromatic rings. The van der Waals surface area contributed by atoms with Crippen LogP contribution < -0.4 is 5.73 Å². The number of fused-ring (bicyclic) bond motifs is 2. The molecule has 3 N–H and O–H groups in total. The van der Waals surface area contributed by atoms with Gasteiger partial charge >= 0.3 is 0 Å². The third-order valence-corrected chi connectivity index (χ3v) is 8.29. The van der Waals surface area contributed by atoms with Gasteiger partial charge in [0.1, 0.15) is 0 Å². The molecule has 1 amide bonds. The fourth-order valence-corrected chi connectivity index (χ4v) is 7.11. The van der Waals surface area contributed by atoms with E-state index in [0.717, 1.165) is 50.9 Å². The number of likely N-dealkylation sites (tertiary alicyclic amines) is 1. The Morgan fingerprint density at radius 1 is 1.42 bits per heavy atom. The largest absolute Gasteiger partial charge is 0.392 e. The first-order valence-corrected chi connectivity index (χ1v) is 10.9. The van der Waals surface area contributed by atoms with Gasteiger partial charge in [-0.25, -0.2) is 4.98 Å². The number of nitrogens with two attached hydrogens (primary N) is 1. The van der Waals surface area contributed by atoms with Crippen molar-refractivity contribution in [1.29, 1.82) is 0 Å². The Labute approximate surface area is 160 Å². The van der Waals surface area contributed by atoms with Crippen LogP contribution >= 0.6 is 11.3 Å². The van der Waals surface area contributed by atoms with Gasteiger partial charge in [-0.3, -0.25) is 4.79 Å². The maximum Gasteiger partial charge on any atom is 0.225 e. The molecule has 1 saturated heterocycles. The summed E-state index contributed by atoms with van der Waals surface area (Å²) in [6.45, 7) is 8.27. The number of nitrogen functional groups attached to an aromatic ring is 1. The zero-order valence-corrected chi connectivity index (χ0v) is 16.9. The van der Waals surface area contributed by atoms with Crippen LogP contribution in [0.5, 0.6) is 0 Å². The number of aliphatic hydroxyl groups is 1. The summed E-state index contributed by atoms with van der Waals surface area (Å²) in [4.78, 5) is 20.8. The van der Waals surface area contributed by atoms with Crippen molar-refractivity contribution >= 4 is 22.4 Å². The van der Waals surface area contributed by atoms with Gasteiger partial charge in [-0.15, -0.1) is 11.3 Å². The number of anilines is 1. The maximum absolute atomic E-state index is 12.9. The lowest BCUT2D eigenvalue weighted by molar-refractivity contribution is -0.143. The van der Waals surface area contributed by atoms with E-state index in [0.29, 0.717) is 5.13 Å². The van der Waals surface area contributed by atoms with Gasteiger partial charge in [-0.1, -0.05) is 20.8 Å². The summed E-state index contributed by atoms with van der Waals surface area (Å²) in [5.74, 6) is 0.494. The van der Waals surface area contributed by atoms with Crippen molar-refractivity contribution in [2.24, 2.45) is 23.2 Å². The molecule has 4 rings (SSSR count). The number of carbonyl (C=O) groups excluding carboxylic acids is 1. The summed E-state index contributed by atoms with van der Waals surface area (Å²) in [7, 11) is 0. The Morgan fingerprint density at radius 3 is 2.81 bits per heavy atom. The molecule has 6 heteroatoms. The number of rotatable bonds is 2. The van der Waals surface area contributed by atoms with Gasteiger partial charge in [0.05, 0.1) is 11.8 Å². The van der Waals surface area contributed by atoms with Crippen molar-refractivity contribution in [2.75, 3.05) is 18.8 Å². The van der Waals surface area contributed by atoms with Crippen molar-refractivity contribution in [3.63, 3.8) is 0 Å². The molecular weight excluding hydrogens is 346 g/mol. The molecule has 0 bridgehead atoms. The highest BCUT2D eigenvalue weighted by Crippen LogP contribution is 2.57. The van der Waals surface area contributed by atoms with E-state index in [1.54, 1.807) is 11.3 Å². The molecule has 1 saturated carbocycles. The predicted molar refractivity (Wildman–Crippen MR) is 104 cm³/mol. The van der Waals surface area contributed by atoms with Crippen LogP contribution in [0.4, 0.5) is 5.13 Å². The Balaban J connectivity index is 1.58. The standard InChI is InChI=1S/C20H31N3O2S/c1-11(18(25)23-8-4-5-9-23)13-6-7-20(3)10-14-16(22-19(21)26-14)12(2)15(20)17(13)24/h11-13,15,17,24H,4-10H2,1-3H3,(H2,21,22)/t11-,12-,13-,15+,17-,20+/m0/s1. The van der Waals surface area contributed by atoms with Crippen LogP contribution in [0, 0.1) is 23.2 Å². The first-order chi connectivity index (χ1) is 12.3. The minimum atomic E-state index is -0.457. The minimum absolute atomic E-state index is 0.0427. The molecule has 2 fully saturated rings. The molecule has 3 aliphatic rings. The van der Waals surface area contributed by atoms with Crippen LogP contribution in [0.3, 0.4) is 0 Å². The highest BCUT2D eigenvalue weighted by Gasteiger charge is 2.54. The molecule has 2 heterocycles. The lowest BCUT2D eigenvalue weighted by Crippen LogP contribution is -2.53. The smallest absolute Gasteiger partial charge is 0.225 e. The highest BCUT2D eigenvalue weighted by molar-refractivity contribution is 7.15. The van der Waals surface area contributed by atoms with Crippen molar-refractivity contribution in [3.8, 4) is 0 Å². The van der Waals surface area contributed by atoms with E-state index >= 15 is 0 Å². The number of carbonyl (C=O) groups is 1. The van der Waals surface area contributed by atoms with Crippen LogP contribution in [-0.2, 0) is 11.2 Å². The number of amides is 1. The van der Waals surface area contributed by atoms with Gasteiger partial charge in [-0.2, -0.15) is 0 Å². The lowest BCUT2D eigenvalue weighted by Gasteiger charge is -2.53. The van der Waals surface area contributed by atoms with Gasteiger partial charge in [0, 0.05) is 29.8 Å². The summed E-state index contributed by atoms with van der Waals surface area (Å²) in [6, 6.07) is 0. The first-order valence-electron chi connectivity index (χ1n) is 10.0. The van der Waals surface area contributed by atoms with E-state index in [1.807, 2.05) is 11.8 Å². The first kappa shape index (κ1) is 18.2. The van der Waals surface area contributed by atoms with E-state index in [9.17, 15) is 9.90 Å². The Kier molecular flexibility index (Phi) is 4.55. The molecular formula is C20H31N3O2S. The molecule has 6 atom stereocenters. The maximum atomic E-state index is 12.9. The summed E-state index contributed by atoms with van der Waals surface area (Å²) in [6.07, 6.45) is 4.68. The van der Waals surface area contributed by atoms with Crippen molar-refractivity contribution in [1.82, 2.24) is 9.88 Å². The number of thiazole rings is 1. The second-order valence-electron chi connectivity index (χ2n) is 9.02. The second kappa shape index (κ2) is 6.48. The van der Waals surface area contributed by atoms with Crippen LogP contribution in [0.1, 0.15) is 62.9 Å². The van der Waals surface area contributed by atoms with E-state index in [-0.39, 0.29) is 35.0 Å². The van der Waals surface area contributed by atoms with Gasteiger partial charge < -0.3 is 15.7 Å². The fraction of sp³-hybridized carbons (Fsp3) is 0.800.